The van der Waals surface area contributed by atoms with Crippen LogP contribution in [0.3, 0.4) is 0 Å². The number of carbonyl (C=O) groups is 1. The normalized spacial score (nSPS) is 21.6. The number of aryl methyl sites for hydroxylation is 1. The van der Waals surface area contributed by atoms with Gasteiger partial charge in [-0.2, -0.15) is 0 Å². The summed E-state index contributed by atoms with van der Waals surface area (Å²) in [5, 5.41) is 0. The summed E-state index contributed by atoms with van der Waals surface area (Å²) in [7, 11) is 0. The van der Waals surface area contributed by atoms with Gasteiger partial charge in [0.1, 0.15) is 0 Å². The lowest BCUT2D eigenvalue weighted by Gasteiger charge is -2.39. The Morgan fingerprint density at radius 2 is 1.52 bits per heavy atom. The van der Waals surface area contributed by atoms with E-state index in [1.807, 2.05) is 30.3 Å². The van der Waals surface area contributed by atoms with Gasteiger partial charge in [-0.05, 0) is 61.8 Å². The first-order valence-corrected chi connectivity index (χ1v) is 10.5. The van der Waals surface area contributed by atoms with Crippen LogP contribution in [-0.2, 0) is 6.42 Å². The third-order valence-electron chi connectivity index (χ3n) is 6.54. The SMILES string of the molecule is Cc1ccc(CC(C(=O)c2ccccc2)C2CCC(C(C)(C)C)CC2)cc1. The van der Waals surface area contributed by atoms with Crippen LogP contribution in [0.5, 0.6) is 0 Å². The summed E-state index contributed by atoms with van der Waals surface area (Å²) in [5.74, 6) is 1.70. The van der Waals surface area contributed by atoms with Crippen LogP contribution in [0.1, 0.15) is 67.9 Å². The van der Waals surface area contributed by atoms with Gasteiger partial charge in [-0.3, -0.25) is 4.79 Å². The average Bonchev–Trinajstić information content (AvgIpc) is 2.67. The molecular weight excluding hydrogens is 328 g/mol. The number of hydrogen-bond donors (Lipinski definition) is 0. The van der Waals surface area contributed by atoms with Gasteiger partial charge in [0, 0.05) is 11.5 Å². The van der Waals surface area contributed by atoms with E-state index in [-0.39, 0.29) is 5.92 Å². The minimum Gasteiger partial charge on any atom is -0.294 e. The summed E-state index contributed by atoms with van der Waals surface area (Å²) in [4.78, 5) is 13.4. The summed E-state index contributed by atoms with van der Waals surface area (Å²) < 4.78 is 0. The highest BCUT2D eigenvalue weighted by atomic mass is 16.1. The molecule has 0 bridgehead atoms. The lowest BCUT2D eigenvalue weighted by molar-refractivity contribution is 0.0776. The molecule has 1 heteroatoms. The molecule has 2 aromatic carbocycles. The van der Waals surface area contributed by atoms with Crippen LogP contribution < -0.4 is 0 Å². The van der Waals surface area contributed by atoms with Gasteiger partial charge < -0.3 is 0 Å². The maximum absolute atomic E-state index is 13.4. The molecule has 2 aromatic rings. The first-order chi connectivity index (χ1) is 12.8. The van der Waals surface area contributed by atoms with Gasteiger partial charge in [-0.1, -0.05) is 80.9 Å². The fourth-order valence-corrected chi connectivity index (χ4v) is 4.66. The van der Waals surface area contributed by atoms with E-state index < -0.39 is 0 Å². The summed E-state index contributed by atoms with van der Waals surface area (Å²) in [5.41, 5.74) is 3.80. The standard InChI is InChI=1S/C26H34O/c1-19-10-12-20(13-11-19)18-24(25(27)22-8-6-5-7-9-22)21-14-16-23(17-15-21)26(2,3)4/h5-13,21,23-24H,14-18H2,1-4H3. The van der Waals surface area contributed by atoms with Crippen molar-refractivity contribution in [2.24, 2.45) is 23.2 Å². The highest BCUT2D eigenvalue weighted by Gasteiger charge is 2.35. The number of carbonyl (C=O) groups excluding carboxylic acids is 1. The number of benzene rings is 2. The highest BCUT2D eigenvalue weighted by molar-refractivity contribution is 5.98. The molecule has 0 spiro atoms. The largest absolute Gasteiger partial charge is 0.294 e. The van der Waals surface area contributed by atoms with E-state index >= 15 is 0 Å². The van der Waals surface area contributed by atoms with Crippen LogP contribution in [0.25, 0.3) is 0 Å². The molecule has 27 heavy (non-hydrogen) atoms. The Hall–Kier alpha value is -1.89. The van der Waals surface area contributed by atoms with Crippen LogP contribution in [0.2, 0.25) is 0 Å². The van der Waals surface area contributed by atoms with E-state index in [1.54, 1.807) is 0 Å². The summed E-state index contributed by atoms with van der Waals surface area (Å²) in [6.07, 6.45) is 5.72. The Kier molecular flexibility index (Phi) is 6.19. The van der Waals surface area contributed by atoms with E-state index in [4.69, 9.17) is 0 Å². The van der Waals surface area contributed by atoms with Crippen molar-refractivity contribution < 1.29 is 4.79 Å². The number of hydrogen-bond acceptors (Lipinski definition) is 1. The van der Waals surface area contributed by atoms with Crippen molar-refractivity contribution in [1.29, 1.82) is 0 Å². The van der Waals surface area contributed by atoms with Crippen LogP contribution in [-0.4, -0.2) is 5.78 Å². The first kappa shape index (κ1) is 19.9. The monoisotopic (exact) mass is 362 g/mol. The zero-order valence-corrected chi connectivity index (χ0v) is 17.4. The van der Waals surface area contributed by atoms with Crippen molar-refractivity contribution >= 4 is 5.78 Å². The molecular formula is C26H34O. The molecule has 0 heterocycles. The van der Waals surface area contributed by atoms with Crippen LogP contribution in [0, 0.1) is 30.1 Å². The van der Waals surface area contributed by atoms with Gasteiger partial charge in [0.05, 0.1) is 0 Å². The smallest absolute Gasteiger partial charge is 0.166 e. The molecule has 1 aliphatic rings. The molecule has 0 N–H and O–H groups in total. The number of rotatable bonds is 5. The topological polar surface area (TPSA) is 17.1 Å². The van der Waals surface area contributed by atoms with Crippen molar-refractivity contribution in [3.8, 4) is 0 Å². The molecule has 0 saturated heterocycles. The quantitative estimate of drug-likeness (QED) is 0.529. The predicted molar refractivity (Wildman–Crippen MR) is 114 cm³/mol. The second-order valence-corrected chi connectivity index (χ2v) is 9.50. The number of Topliss-reactive ketones (excluding diaryl/α,β-unsaturated/α-hetero) is 1. The summed E-state index contributed by atoms with van der Waals surface area (Å²) in [6, 6.07) is 18.6. The van der Waals surface area contributed by atoms with Crippen LogP contribution in [0.15, 0.2) is 54.6 Å². The Labute approximate surface area is 165 Å². The Balaban J connectivity index is 1.79. The van der Waals surface area contributed by atoms with Gasteiger partial charge in [0.25, 0.3) is 0 Å². The van der Waals surface area contributed by atoms with Crippen molar-refractivity contribution in [2.75, 3.05) is 0 Å². The molecule has 1 aliphatic carbocycles. The molecule has 1 saturated carbocycles. The highest BCUT2D eigenvalue weighted by Crippen LogP contribution is 2.43. The fraction of sp³-hybridized carbons (Fsp3) is 0.500. The van der Waals surface area contributed by atoms with Gasteiger partial charge in [0.15, 0.2) is 5.78 Å². The Morgan fingerprint density at radius 1 is 0.926 bits per heavy atom. The predicted octanol–water partition coefficient (Wildman–Crippen LogP) is 6.89. The first-order valence-electron chi connectivity index (χ1n) is 10.5. The van der Waals surface area contributed by atoms with Crippen molar-refractivity contribution in [3.63, 3.8) is 0 Å². The average molecular weight is 363 g/mol. The van der Waals surface area contributed by atoms with Gasteiger partial charge in [0.2, 0.25) is 0 Å². The molecule has 0 radical (unpaired) electrons. The molecule has 1 unspecified atom stereocenters. The van der Waals surface area contributed by atoms with E-state index in [0.29, 0.717) is 17.1 Å². The van der Waals surface area contributed by atoms with Gasteiger partial charge >= 0.3 is 0 Å². The second-order valence-electron chi connectivity index (χ2n) is 9.50. The lowest BCUT2D eigenvalue weighted by Crippen LogP contribution is -2.32. The van der Waals surface area contributed by atoms with Gasteiger partial charge in [-0.15, -0.1) is 0 Å². The third kappa shape index (κ3) is 5.09. The lowest BCUT2D eigenvalue weighted by atomic mass is 9.66. The Morgan fingerprint density at radius 3 is 2.07 bits per heavy atom. The minimum absolute atomic E-state index is 0.0935. The Bertz CT molecular complexity index is 728. The summed E-state index contributed by atoms with van der Waals surface area (Å²) >= 11 is 0. The van der Waals surface area contributed by atoms with Crippen LogP contribution >= 0.6 is 0 Å². The molecule has 144 valence electrons. The van der Waals surface area contributed by atoms with E-state index in [0.717, 1.165) is 17.9 Å². The fourth-order valence-electron chi connectivity index (χ4n) is 4.66. The molecule has 0 aliphatic heterocycles. The molecule has 1 fully saturated rings. The van der Waals surface area contributed by atoms with Crippen LogP contribution in [0.4, 0.5) is 0 Å². The van der Waals surface area contributed by atoms with Crippen molar-refractivity contribution in [1.82, 2.24) is 0 Å². The van der Waals surface area contributed by atoms with E-state index in [1.165, 1.54) is 36.8 Å². The summed E-state index contributed by atoms with van der Waals surface area (Å²) in [6.45, 7) is 9.19. The molecule has 3 rings (SSSR count). The molecule has 0 amide bonds. The zero-order valence-electron chi connectivity index (χ0n) is 17.4. The van der Waals surface area contributed by atoms with E-state index in [2.05, 4.69) is 52.0 Å². The van der Waals surface area contributed by atoms with Crippen molar-refractivity contribution in [2.45, 2.75) is 59.8 Å². The maximum Gasteiger partial charge on any atom is 0.166 e. The zero-order chi connectivity index (χ0) is 19.4. The van der Waals surface area contributed by atoms with Crippen molar-refractivity contribution in [3.05, 3.63) is 71.3 Å². The maximum atomic E-state index is 13.4. The number of ketones is 1. The third-order valence-corrected chi connectivity index (χ3v) is 6.54. The van der Waals surface area contributed by atoms with Gasteiger partial charge in [-0.25, -0.2) is 0 Å². The van der Waals surface area contributed by atoms with E-state index in [9.17, 15) is 4.79 Å². The molecule has 1 atom stereocenters. The molecule has 1 nitrogen and oxygen atoms in total. The minimum atomic E-state index is 0.0935. The second kappa shape index (κ2) is 8.42. The molecule has 0 aromatic heterocycles.